The molecule has 1 N–H and O–H groups in total. The van der Waals surface area contributed by atoms with E-state index < -0.39 is 17.6 Å². The Morgan fingerprint density at radius 3 is 2.71 bits per heavy atom. The van der Waals surface area contributed by atoms with Crippen molar-refractivity contribution in [1.82, 2.24) is 10.2 Å². The molecule has 2 aliphatic heterocycles. The number of rotatable bonds is 3. The summed E-state index contributed by atoms with van der Waals surface area (Å²) in [6.45, 7) is 1.60. The Balaban J connectivity index is 1.71. The third-order valence-corrected chi connectivity index (χ3v) is 4.86. The molecule has 24 heavy (non-hydrogen) atoms. The molecular formula is C17H21F2N3O2. The molecule has 1 aromatic rings. The third-order valence-electron chi connectivity index (χ3n) is 4.86. The van der Waals surface area contributed by atoms with Gasteiger partial charge >= 0.3 is 0 Å². The zero-order valence-electron chi connectivity index (χ0n) is 13.6. The van der Waals surface area contributed by atoms with Crippen LogP contribution in [0.4, 0.5) is 14.5 Å². The number of carbonyl (C=O) groups is 2. The van der Waals surface area contributed by atoms with E-state index in [9.17, 15) is 18.4 Å². The average molecular weight is 337 g/mol. The number of anilines is 1. The summed E-state index contributed by atoms with van der Waals surface area (Å²) in [7, 11) is 1.87. The summed E-state index contributed by atoms with van der Waals surface area (Å²) in [6, 6.07) is 3.61. The van der Waals surface area contributed by atoms with E-state index in [-0.39, 0.29) is 17.9 Å². The third kappa shape index (κ3) is 3.13. The van der Waals surface area contributed by atoms with Crippen molar-refractivity contribution in [1.29, 1.82) is 0 Å². The van der Waals surface area contributed by atoms with Crippen molar-refractivity contribution < 1.29 is 18.4 Å². The summed E-state index contributed by atoms with van der Waals surface area (Å²) in [5, 5.41) is 3.17. The Kier molecular flexibility index (Phi) is 4.80. The molecule has 3 rings (SSSR count). The standard InChI is InChI=1S/C17H21F2N3O2/c1-20-11-3-2-7-21(10-11)16(23)13-6-8-22(17(13)24)12-4-5-14(18)15(19)9-12/h4-5,9,11,13,20H,2-3,6-8,10H2,1H3/t11-,13-/m1/s1. The van der Waals surface area contributed by atoms with Gasteiger partial charge in [0.2, 0.25) is 11.8 Å². The predicted molar refractivity (Wildman–Crippen MR) is 85.5 cm³/mol. The van der Waals surface area contributed by atoms with Crippen LogP contribution in [0.1, 0.15) is 19.3 Å². The first kappa shape index (κ1) is 16.8. The van der Waals surface area contributed by atoms with Crippen molar-refractivity contribution in [3.05, 3.63) is 29.8 Å². The van der Waals surface area contributed by atoms with E-state index >= 15 is 0 Å². The second kappa shape index (κ2) is 6.84. The smallest absolute Gasteiger partial charge is 0.239 e. The van der Waals surface area contributed by atoms with Crippen molar-refractivity contribution in [3.63, 3.8) is 0 Å². The molecule has 0 spiro atoms. The Labute approximate surface area is 139 Å². The maximum Gasteiger partial charge on any atom is 0.239 e. The summed E-state index contributed by atoms with van der Waals surface area (Å²) in [5.41, 5.74) is 0.293. The number of carbonyl (C=O) groups excluding carboxylic acids is 2. The highest BCUT2D eigenvalue weighted by atomic mass is 19.2. The van der Waals surface area contributed by atoms with Gasteiger partial charge < -0.3 is 15.1 Å². The lowest BCUT2D eigenvalue weighted by molar-refractivity contribution is -0.140. The summed E-state index contributed by atoms with van der Waals surface area (Å²) in [4.78, 5) is 28.4. The first-order chi connectivity index (χ1) is 11.5. The number of nitrogens with zero attached hydrogens (tertiary/aromatic N) is 2. The van der Waals surface area contributed by atoms with E-state index in [1.54, 1.807) is 4.90 Å². The molecule has 5 nitrogen and oxygen atoms in total. The molecular weight excluding hydrogens is 316 g/mol. The number of likely N-dealkylation sites (N-methyl/N-ethyl adjacent to an activating group) is 1. The minimum Gasteiger partial charge on any atom is -0.340 e. The predicted octanol–water partition coefficient (Wildman–Crippen LogP) is 1.53. The maximum atomic E-state index is 13.4. The van der Waals surface area contributed by atoms with Crippen molar-refractivity contribution in [2.45, 2.75) is 25.3 Å². The molecule has 2 heterocycles. The van der Waals surface area contributed by atoms with Crippen LogP contribution >= 0.6 is 0 Å². The topological polar surface area (TPSA) is 52.7 Å². The summed E-state index contributed by atoms with van der Waals surface area (Å²) >= 11 is 0. The largest absolute Gasteiger partial charge is 0.340 e. The highest BCUT2D eigenvalue weighted by Crippen LogP contribution is 2.28. The van der Waals surface area contributed by atoms with Crippen LogP contribution in [0, 0.1) is 17.6 Å². The maximum absolute atomic E-state index is 13.4. The van der Waals surface area contributed by atoms with E-state index in [1.807, 2.05) is 7.05 Å². The van der Waals surface area contributed by atoms with E-state index in [0.29, 0.717) is 31.7 Å². The molecule has 2 amide bonds. The Morgan fingerprint density at radius 2 is 2.00 bits per heavy atom. The second-order valence-electron chi connectivity index (χ2n) is 6.34. The van der Waals surface area contributed by atoms with Crippen LogP contribution in [0.5, 0.6) is 0 Å². The van der Waals surface area contributed by atoms with Gasteiger partial charge in [-0.1, -0.05) is 0 Å². The van der Waals surface area contributed by atoms with Gasteiger partial charge in [-0.15, -0.1) is 0 Å². The fourth-order valence-corrected chi connectivity index (χ4v) is 3.45. The minimum absolute atomic E-state index is 0.162. The Morgan fingerprint density at radius 1 is 1.21 bits per heavy atom. The van der Waals surface area contributed by atoms with Gasteiger partial charge in [0.1, 0.15) is 5.92 Å². The number of amides is 2. The van der Waals surface area contributed by atoms with Gasteiger partial charge in [-0.2, -0.15) is 0 Å². The number of hydrogen-bond acceptors (Lipinski definition) is 3. The van der Waals surface area contributed by atoms with Crippen LogP contribution in [-0.2, 0) is 9.59 Å². The molecule has 2 aliphatic rings. The number of piperidine rings is 1. The van der Waals surface area contributed by atoms with E-state index in [4.69, 9.17) is 0 Å². The number of hydrogen-bond donors (Lipinski definition) is 1. The van der Waals surface area contributed by atoms with Gasteiger partial charge in [0.05, 0.1) is 0 Å². The summed E-state index contributed by atoms with van der Waals surface area (Å²) in [5.74, 6) is -3.18. The van der Waals surface area contributed by atoms with Gasteiger partial charge in [-0.25, -0.2) is 8.78 Å². The fraction of sp³-hybridized carbons (Fsp3) is 0.529. The molecule has 2 atom stereocenters. The second-order valence-corrected chi connectivity index (χ2v) is 6.34. The number of halogens is 2. The summed E-state index contributed by atoms with van der Waals surface area (Å²) < 4.78 is 26.4. The molecule has 1 aromatic carbocycles. The van der Waals surface area contributed by atoms with E-state index in [1.165, 1.54) is 11.0 Å². The van der Waals surface area contributed by atoms with Gasteiger partial charge in [0.25, 0.3) is 0 Å². The van der Waals surface area contributed by atoms with Crippen molar-refractivity contribution in [2.24, 2.45) is 5.92 Å². The molecule has 0 aliphatic carbocycles. The van der Waals surface area contributed by atoms with E-state index in [2.05, 4.69) is 5.32 Å². The van der Waals surface area contributed by atoms with Crippen LogP contribution in [0.15, 0.2) is 18.2 Å². The first-order valence-electron chi connectivity index (χ1n) is 8.23. The van der Waals surface area contributed by atoms with E-state index in [0.717, 1.165) is 25.0 Å². The molecule has 0 unspecified atom stereocenters. The number of likely N-dealkylation sites (tertiary alicyclic amines) is 1. The average Bonchev–Trinajstić information content (AvgIpc) is 2.98. The molecule has 2 saturated heterocycles. The number of benzene rings is 1. The minimum atomic E-state index is -0.997. The van der Waals surface area contributed by atoms with Crippen molar-refractivity contribution in [2.75, 3.05) is 31.6 Å². The van der Waals surface area contributed by atoms with Gasteiger partial charge in [0.15, 0.2) is 11.6 Å². The van der Waals surface area contributed by atoms with Crippen LogP contribution in [-0.4, -0.2) is 49.4 Å². The van der Waals surface area contributed by atoms with Crippen molar-refractivity contribution in [3.8, 4) is 0 Å². The zero-order valence-corrected chi connectivity index (χ0v) is 13.6. The monoisotopic (exact) mass is 337 g/mol. The molecule has 7 heteroatoms. The quantitative estimate of drug-likeness (QED) is 0.851. The van der Waals surface area contributed by atoms with Crippen molar-refractivity contribution >= 4 is 17.5 Å². The Hall–Kier alpha value is -2.02. The molecule has 0 saturated carbocycles. The Bertz CT molecular complexity index is 653. The molecule has 0 radical (unpaired) electrons. The molecule has 2 fully saturated rings. The zero-order chi connectivity index (χ0) is 17.3. The first-order valence-corrected chi connectivity index (χ1v) is 8.23. The van der Waals surface area contributed by atoms with Crippen LogP contribution < -0.4 is 10.2 Å². The lowest BCUT2D eigenvalue weighted by atomic mass is 10.0. The molecule has 0 aromatic heterocycles. The highest BCUT2D eigenvalue weighted by molar-refractivity contribution is 6.09. The van der Waals surface area contributed by atoms with Crippen LogP contribution in [0.2, 0.25) is 0 Å². The van der Waals surface area contributed by atoms with Crippen LogP contribution in [0.25, 0.3) is 0 Å². The van der Waals surface area contributed by atoms with Gasteiger partial charge in [-0.3, -0.25) is 9.59 Å². The lowest BCUT2D eigenvalue weighted by Crippen LogP contribution is -2.49. The molecule has 0 bridgehead atoms. The fourth-order valence-electron chi connectivity index (χ4n) is 3.45. The highest BCUT2D eigenvalue weighted by Gasteiger charge is 2.40. The van der Waals surface area contributed by atoms with Gasteiger partial charge in [-0.05, 0) is 38.4 Å². The lowest BCUT2D eigenvalue weighted by Gasteiger charge is -2.33. The summed E-state index contributed by atoms with van der Waals surface area (Å²) in [6.07, 6.45) is 2.32. The van der Waals surface area contributed by atoms with Gasteiger partial charge in [0, 0.05) is 37.4 Å². The normalized spacial score (nSPS) is 24.5. The number of nitrogens with one attached hydrogen (secondary N) is 1. The molecule has 130 valence electrons. The van der Waals surface area contributed by atoms with Crippen LogP contribution in [0.3, 0.4) is 0 Å². The SMILES string of the molecule is CN[C@@H]1CCCN(C(=O)[C@H]2CCN(c3ccc(F)c(F)c3)C2=O)C1.